The van der Waals surface area contributed by atoms with E-state index in [4.69, 9.17) is 28.4 Å². The van der Waals surface area contributed by atoms with Crippen molar-refractivity contribution in [3.8, 4) is 11.5 Å². The first-order chi connectivity index (χ1) is 21.5. The van der Waals surface area contributed by atoms with Gasteiger partial charge >= 0.3 is 17.9 Å². The zero-order valence-corrected chi connectivity index (χ0v) is 23.7. The molecule has 0 spiro atoms. The molecule has 10 heteroatoms. The standard InChI is InChI=1S/C34H30O10/c1-39-25-17-19-26(20-18-25)40-34-30(44-33(38)24-15-9-4-10-16-24)29(43-32(37)23-13-7-3-8-14-23)28(27(21-35)41-34)42-31(36)22-11-5-2-6-12-22/h2-20,27-30,34-35H,21H2,1H3/t27-,28+,29+,30-,34-/m1/s1. The molecule has 0 radical (unpaired) electrons. The maximum atomic E-state index is 13.4. The number of esters is 3. The van der Waals surface area contributed by atoms with Crippen LogP contribution in [0.25, 0.3) is 0 Å². The molecule has 0 unspecified atom stereocenters. The van der Waals surface area contributed by atoms with E-state index in [0.29, 0.717) is 11.5 Å². The van der Waals surface area contributed by atoms with Crippen LogP contribution in [0.1, 0.15) is 31.1 Å². The van der Waals surface area contributed by atoms with Crippen LogP contribution in [0.15, 0.2) is 115 Å². The van der Waals surface area contributed by atoms with Gasteiger partial charge in [-0.15, -0.1) is 0 Å². The maximum absolute atomic E-state index is 13.4. The van der Waals surface area contributed by atoms with Gasteiger partial charge < -0.3 is 33.5 Å². The molecule has 1 heterocycles. The first-order valence-corrected chi connectivity index (χ1v) is 13.8. The third-order valence-electron chi connectivity index (χ3n) is 6.84. The van der Waals surface area contributed by atoms with Crippen LogP contribution in [-0.4, -0.2) is 67.4 Å². The third kappa shape index (κ3) is 7.23. The van der Waals surface area contributed by atoms with E-state index in [2.05, 4.69) is 0 Å². The number of methoxy groups -OCH3 is 1. The first kappa shape index (κ1) is 30.3. The average molecular weight is 599 g/mol. The van der Waals surface area contributed by atoms with Crippen LogP contribution in [-0.2, 0) is 18.9 Å². The smallest absolute Gasteiger partial charge is 0.338 e. The van der Waals surface area contributed by atoms with E-state index in [1.807, 2.05) is 0 Å². The second-order valence-electron chi connectivity index (χ2n) is 9.73. The van der Waals surface area contributed by atoms with Crippen molar-refractivity contribution >= 4 is 17.9 Å². The summed E-state index contributed by atoms with van der Waals surface area (Å²) in [7, 11) is 1.52. The van der Waals surface area contributed by atoms with E-state index >= 15 is 0 Å². The summed E-state index contributed by atoms with van der Waals surface area (Å²) in [4.78, 5) is 39.9. The predicted octanol–water partition coefficient (Wildman–Crippen LogP) is 4.47. The number of hydrogen-bond donors (Lipinski definition) is 1. The van der Waals surface area contributed by atoms with Crippen molar-refractivity contribution in [1.82, 2.24) is 0 Å². The summed E-state index contributed by atoms with van der Waals surface area (Å²) in [6, 6.07) is 31.0. The number of aliphatic hydroxyl groups excluding tert-OH is 1. The van der Waals surface area contributed by atoms with E-state index in [9.17, 15) is 19.5 Å². The molecule has 44 heavy (non-hydrogen) atoms. The summed E-state index contributed by atoms with van der Waals surface area (Å²) in [6.45, 7) is -0.645. The van der Waals surface area contributed by atoms with Gasteiger partial charge in [-0.25, -0.2) is 14.4 Å². The summed E-state index contributed by atoms with van der Waals surface area (Å²) < 4.78 is 35.0. The molecule has 10 nitrogen and oxygen atoms in total. The molecule has 1 aliphatic heterocycles. The van der Waals surface area contributed by atoms with E-state index in [-0.39, 0.29) is 16.7 Å². The number of ether oxygens (including phenoxy) is 6. The number of carbonyl (C=O) groups is 3. The fourth-order valence-electron chi connectivity index (χ4n) is 4.61. The van der Waals surface area contributed by atoms with Gasteiger partial charge in [-0.1, -0.05) is 54.6 Å². The van der Waals surface area contributed by atoms with Gasteiger partial charge in [0.15, 0.2) is 12.2 Å². The number of aliphatic hydroxyl groups is 1. The zero-order valence-electron chi connectivity index (χ0n) is 23.7. The third-order valence-corrected chi connectivity index (χ3v) is 6.84. The topological polar surface area (TPSA) is 127 Å². The first-order valence-electron chi connectivity index (χ1n) is 13.8. The summed E-state index contributed by atoms with van der Waals surface area (Å²) in [5.41, 5.74) is 0.631. The molecule has 4 aromatic rings. The molecular formula is C34H30O10. The van der Waals surface area contributed by atoms with E-state index in [1.165, 1.54) is 7.11 Å². The second-order valence-corrected chi connectivity index (χ2v) is 9.73. The maximum Gasteiger partial charge on any atom is 0.338 e. The van der Waals surface area contributed by atoms with Gasteiger partial charge in [0.05, 0.1) is 30.4 Å². The normalized spacial score (nSPS) is 21.0. The number of hydrogen-bond acceptors (Lipinski definition) is 10. The van der Waals surface area contributed by atoms with Crippen LogP contribution in [0.2, 0.25) is 0 Å². The monoisotopic (exact) mass is 598 g/mol. The van der Waals surface area contributed by atoms with Crippen molar-refractivity contribution in [2.45, 2.75) is 30.7 Å². The molecule has 5 rings (SSSR count). The minimum absolute atomic E-state index is 0.202. The molecular weight excluding hydrogens is 568 g/mol. The predicted molar refractivity (Wildman–Crippen MR) is 156 cm³/mol. The van der Waals surface area contributed by atoms with Gasteiger partial charge in [-0.05, 0) is 60.7 Å². The van der Waals surface area contributed by atoms with Crippen molar-refractivity contribution in [3.05, 3.63) is 132 Å². The highest BCUT2D eigenvalue weighted by atomic mass is 16.7. The van der Waals surface area contributed by atoms with Crippen LogP contribution in [0.5, 0.6) is 11.5 Å². The van der Waals surface area contributed by atoms with Gasteiger partial charge in [0.25, 0.3) is 0 Å². The summed E-state index contributed by atoms with van der Waals surface area (Å²) in [6.07, 6.45) is -6.93. The molecule has 0 amide bonds. The molecule has 0 aliphatic carbocycles. The largest absolute Gasteiger partial charge is 0.497 e. The van der Waals surface area contributed by atoms with Crippen molar-refractivity contribution in [2.24, 2.45) is 0 Å². The van der Waals surface area contributed by atoms with Crippen LogP contribution in [0, 0.1) is 0 Å². The quantitative estimate of drug-likeness (QED) is 0.206. The Labute approximate surface area is 253 Å². The Morgan fingerprint density at radius 2 is 1.00 bits per heavy atom. The Morgan fingerprint density at radius 1 is 0.591 bits per heavy atom. The molecule has 4 aromatic carbocycles. The van der Waals surface area contributed by atoms with Gasteiger partial charge in [-0.2, -0.15) is 0 Å². The van der Waals surface area contributed by atoms with Gasteiger partial charge in [-0.3, -0.25) is 0 Å². The highest BCUT2D eigenvalue weighted by Gasteiger charge is 2.53. The van der Waals surface area contributed by atoms with Crippen molar-refractivity contribution in [1.29, 1.82) is 0 Å². The number of benzene rings is 4. The van der Waals surface area contributed by atoms with Gasteiger partial charge in [0.1, 0.15) is 17.6 Å². The molecule has 226 valence electrons. The molecule has 0 aromatic heterocycles. The Balaban J connectivity index is 1.54. The van der Waals surface area contributed by atoms with Crippen LogP contribution < -0.4 is 9.47 Å². The van der Waals surface area contributed by atoms with E-state index in [0.717, 1.165) is 0 Å². The SMILES string of the molecule is COc1ccc(O[C@@H]2O[C@H](CO)[C@H](OC(=O)c3ccccc3)[C@H](OC(=O)c3ccccc3)[C@H]2OC(=O)c2ccccc2)cc1. The Hall–Kier alpha value is -5.19. The summed E-state index contributed by atoms with van der Waals surface area (Å²) >= 11 is 0. The average Bonchev–Trinajstić information content (AvgIpc) is 3.08. The fraction of sp³-hybridized carbons (Fsp3) is 0.206. The summed E-state index contributed by atoms with van der Waals surface area (Å²) in [5, 5.41) is 10.4. The molecule has 1 N–H and O–H groups in total. The highest BCUT2D eigenvalue weighted by molar-refractivity contribution is 5.91. The molecule has 0 bridgehead atoms. The lowest BCUT2D eigenvalue weighted by Crippen LogP contribution is -2.63. The van der Waals surface area contributed by atoms with Crippen LogP contribution in [0.3, 0.4) is 0 Å². The molecule has 1 fully saturated rings. The lowest BCUT2D eigenvalue weighted by Gasteiger charge is -2.44. The van der Waals surface area contributed by atoms with Crippen molar-refractivity contribution in [3.63, 3.8) is 0 Å². The fourth-order valence-corrected chi connectivity index (χ4v) is 4.61. The lowest BCUT2D eigenvalue weighted by molar-refractivity contribution is -0.275. The summed E-state index contributed by atoms with van der Waals surface area (Å²) in [5.74, 6) is -1.43. The van der Waals surface area contributed by atoms with Gasteiger partial charge in [0, 0.05) is 0 Å². The lowest BCUT2D eigenvalue weighted by atomic mass is 9.97. The molecule has 5 atom stereocenters. The van der Waals surface area contributed by atoms with Crippen LogP contribution >= 0.6 is 0 Å². The zero-order chi connectivity index (χ0) is 30.9. The van der Waals surface area contributed by atoms with E-state index < -0.39 is 55.2 Å². The molecule has 0 saturated carbocycles. The van der Waals surface area contributed by atoms with Crippen molar-refractivity contribution in [2.75, 3.05) is 13.7 Å². The minimum Gasteiger partial charge on any atom is -0.497 e. The van der Waals surface area contributed by atoms with Crippen molar-refractivity contribution < 1.29 is 47.9 Å². The highest BCUT2D eigenvalue weighted by Crippen LogP contribution is 2.32. The van der Waals surface area contributed by atoms with Gasteiger partial charge in [0.2, 0.25) is 12.4 Å². The Kier molecular flexibility index (Phi) is 9.85. The Bertz CT molecular complexity index is 1530. The molecule has 1 saturated heterocycles. The minimum atomic E-state index is -1.46. The second kappa shape index (κ2) is 14.3. The Morgan fingerprint density at radius 3 is 1.43 bits per heavy atom. The van der Waals surface area contributed by atoms with Crippen LogP contribution in [0.4, 0.5) is 0 Å². The number of carbonyl (C=O) groups excluding carboxylic acids is 3. The molecule has 1 aliphatic rings. The number of rotatable bonds is 10. The van der Waals surface area contributed by atoms with E-state index in [1.54, 1.807) is 115 Å².